The molecule has 2 bridgehead atoms. The van der Waals surface area contributed by atoms with Gasteiger partial charge in [-0.1, -0.05) is 13.8 Å². The molecule has 3 saturated carbocycles. The van der Waals surface area contributed by atoms with Crippen LogP contribution in [0.15, 0.2) is 0 Å². The molecule has 1 unspecified atom stereocenters. The van der Waals surface area contributed by atoms with E-state index in [4.69, 9.17) is 0 Å². The first-order valence-corrected chi connectivity index (χ1v) is 4.12. The van der Waals surface area contributed by atoms with E-state index in [9.17, 15) is 0 Å². The first-order chi connectivity index (χ1) is 4.27. The number of fused-ring (bicyclic) bond motifs is 2. The number of hydrogen-bond acceptors (Lipinski definition) is 0. The lowest BCUT2D eigenvalue weighted by atomic mass is 9.57. The molecule has 0 aliphatic heterocycles. The van der Waals surface area contributed by atoms with Gasteiger partial charge in [-0.15, -0.1) is 0 Å². The van der Waals surface area contributed by atoms with E-state index in [1.54, 1.807) is 0 Å². The molecule has 0 heterocycles. The first kappa shape index (κ1) is 5.76. The maximum atomic E-state index is 2.56. The third kappa shape index (κ3) is 0.720. The van der Waals surface area contributed by atoms with Crippen LogP contribution in [0.1, 0.15) is 26.7 Å². The van der Waals surface area contributed by atoms with Gasteiger partial charge < -0.3 is 0 Å². The minimum Gasteiger partial charge on any atom is -0.0622 e. The summed E-state index contributed by atoms with van der Waals surface area (Å²) < 4.78 is 0. The lowest BCUT2D eigenvalue weighted by molar-refractivity contribution is 0.0816. The number of rotatable bonds is 0. The van der Waals surface area contributed by atoms with E-state index < -0.39 is 0 Å². The van der Waals surface area contributed by atoms with Crippen LogP contribution in [0.25, 0.3) is 0 Å². The highest BCUT2D eigenvalue weighted by Gasteiger charge is 2.41. The van der Waals surface area contributed by atoms with Gasteiger partial charge in [0.25, 0.3) is 0 Å². The molecule has 3 fully saturated rings. The molecule has 3 aliphatic carbocycles. The highest BCUT2D eigenvalue weighted by molar-refractivity contribution is 5.04. The summed E-state index contributed by atoms with van der Waals surface area (Å²) in [5.74, 6) is 3.99. The molecule has 0 spiro atoms. The van der Waals surface area contributed by atoms with E-state index in [2.05, 4.69) is 20.3 Å². The van der Waals surface area contributed by atoms with Gasteiger partial charge in [-0.25, -0.2) is 0 Å². The predicted octanol–water partition coefficient (Wildman–Crippen LogP) is 2.50. The van der Waals surface area contributed by atoms with E-state index in [1.165, 1.54) is 12.8 Å². The van der Waals surface area contributed by atoms with Gasteiger partial charge in [0.2, 0.25) is 0 Å². The third-order valence-corrected chi connectivity index (χ3v) is 3.34. The topological polar surface area (TPSA) is 0 Å². The number of hydrogen-bond donors (Lipinski definition) is 0. The molecule has 0 heteroatoms. The zero-order valence-corrected chi connectivity index (χ0v) is 6.30. The molecule has 3 rings (SSSR count). The average molecular weight is 123 g/mol. The summed E-state index contributed by atoms with van der Waals surface area (Å²) in [4.78, 5) is 0. The largest absolute Gasteiger partial charge is 0.0622 e. The Labute approximate surface area is 57.6 Å². The zero-order chi connectivity index (χ0) is 6.43. The lowest BCUT2D eigenvalue weighted by Gasteiger charge is -2.48. The average Bonchev–Trinajstić information content (AvgIpc) is 1.72. The molecule has 0 nitrogen and oxygen atoms in total. The maximum Gasteiger partial charge on any atom is -0.0321 e. The summed E-state index contributed by atoms with van der Waals surface area (Å²) in [6.45, 7) is 4.80. The maximum absolute atomic E-state index is 2.56. The lowest BCUT2D eigenvalue weighted by Crippen LogP contribution is -2.40. The van der Waals surface area contributed by atoms with Gasteiger partial charge in [0, 0.05) is 0 Å². The Morgan fingerprint density at radius 1 is 1.22 bits per heavy atom. The second kappa shape index (κ2) is 1.74. The van der Waals surface area contributed by atoms with Crippen LogP contribution < -0.4 is 0 Å². The molecule has 0 aromatic rings. The van der Waals surface area contributed by atoms with E-state index in [0.29, 0.717) is 0 Å². The Bertz CT molecular complexity index is 109. The molecule has 0 aromatic carbocycles. The summed E-state index contributed by atoms with van der Waals surface area (Å²) >= 11 is 0. The van der Waals surface area contributed by atoms with E-state index in [0.717, 1.165) is 23.7 Å². The summed E-state index contributed by atoms with van der Waals surface area (Å²) in [5, 5.41) is 0. The summed E-state index contributed by atoms with van der Waals surface area (Å²) in [6, 6.07) is 0. The van der Waals surface area contributed by atoms with Crippen LogP contribution >= 0.6 is 0 Å². The van der Waals surface area contributed by atoms with Crippen LogP contribution in [0.2, 0.25) is 0 Å². The van der Waals surface area contributed by atoms with Crippen LogP contribution in [0.4, 0.5) is 0 Å². The van der Waals surface area contributed by atoms with E-state index in [-0.39, 0.29) is 0 Å². The van der Waals surface area contributed by atoms with Gasteiger partial charge in [0.15, 0.2) is 0 Å². The van der Waals surface area contributed by atoms with Gasteiger partial charge in [0.1, 0.15) is 0 Å². The highest BCUT2D eigenvalue weighted by atomic mass is 14.5. The second-order valence-electron chi connectivity index (χ2n) is 3.92. The van der Waals surface area contributed by atoms with Crippen molar-refractivity contribution in [3.05, 3.63) is 6.42 Å². The Morgan fingerprint density at radius 2 is 1.89 bits per heavy atom. The minimum absolute atomic E-state index is 0.981. The van der Waals surface area contributed by atoms with Gasteiger partial charge in [-0.2, -0.15) is 0 Å². The van der Waals surface area contributed by atoms with Crippen molar-refractivity contribution in [3.63, 3.8) is 0 Å². The zero-order valence-electron chi connectivity index (χ0n) is 6.30. The molecular formula is C9H15. The Hall–Kier alpha value is 0. The van der Waals surface area contributed by atoms with Crippen molar-refractivity contribution >= 4 is 0 Å². The molecule has 0 N–H and O–H groups in total. The molecule has 51 valence electrons. The fourth-order valence-corrected chi connectivity index (χ4v) is 2.34. The van der Waals surface area contributed by atoms with E-state index in [1.807, 2.05) is 0 Å². The summed E-state index contributed by atoms with van der Waals surface area (Å²) in [5.41, 5.74) is 0. The van der Waals surface area contributed by atoms with Crippen molar-refractivity contribution in [2.45, 2.75) is 26.7 Å². The quantitative estimate of drug-likeness (QED) is 0.464. The standard InChI is InChI=1S/C9H15/c1-6-3-8-4-9(5-8)7(6)2/h4,6-9H,3,5H2,1-2H3/t6-,7+,8?,9-/m0/s1. The van der Waals surface area contributed by atoms with Gasteiger partial charge in [0.05, 0.1) is 0 Å². The minimum atomic E-state index is 0.981. The molecule has 3 aliphatic rings. The van der Waals surface area contributed by atoms with Crippen molar-refractivity contribution in [1.29, 1.82) is 0 Å². The smallest absolute Gasteiger partial charge is 0.0321 e. The Balaban J connectivity index is 2.04. The fraction of sp³-hybridized carbons (Fsp3) is 0.889. The Kier molecular flexibility index (Phi) is 1.12. The molecule has 0 aromatic heterocycles. The normalized spacial score (nSPS) is 56.7. The highest BCUT2D eigenvalue weighted by Crippen LogP contribution is 2.50. The summed E-state index contributed by atoms with van der Waals surface area (Å²) in [7, 11) is 0. The van der Waals surface area contributed by atoms with Crippen molar-refractivity contribution in [1.82, 2.24) is 0 Å². The van der Waals surface area contributed by atoms with Crippen molar-refractivity contribution in [2.24, 2.45) is 23.7 Å². The van der Waals surface area contributed by atoms with Crippen LogP contribution in [0, 0.1) is 30.1 Å². The van der Waals surface area contributed by atoms with Gasteiger partial charge >= 0.3 is 0 Å². The van der Waals surface area contributed by atoms with Crippen LogP contribution in [0.5, 0.6) is 0 Å². The molecule has 0 amide bonds. The van der Waals surface area contributed by atoms with Gasteiger partial charge in [-0.3, -0.25) is 0 Å². The molecule has 0 saturated heterocycles. The summed E-state index contributed by atoms with van der Waals surface area (Å²) in [6.07, 6.45) is 5.54. The first-order valence-electron chi connectivity index (χ1n) is 4.12. The Morgan fingerprint density at radius 3 is 2.22 bits per heavy atom. The van der Waals surface area contributed by atoms with Crippen LogP contribution in [0.3, 0.4) is 0 Å². The second-order valence-corrected chi connectivity index (χ2v) is 3.92. The molecular weight excluding hydrogens is 108 g/mol. The van der Waals surface area contributed by atoms with Crippen molar-refractivity contribution < 1.29 is 0 Å². The fourth-order valence-electron chi connectivity index (χ4n) is 2.34. The van der Waals surface area contributed by atoms with Crippen molar-refractivity contribution in [2.75, 3.05) is 0 Å². The molecule has 9 heavy (non-hydrogen) atoms. The van der Waals surface area contributed by atoms with Crippen LogP contribution in [-0.4, -0.2) is 0 Å². The van der Waals surface area contributed by atoms with Gasteiger partial charge in [-0.05, 0) is 42.9 Å². The predicted molar refractivity (Wildman–Crippen MR) is 38.8 cm³/mol. The van der Waals surface area contributed by atoms with Crippen LogP contribution in [-0.2, 0) is 0 Å². The van der Waals surface area contributed by atoms with E-state index >= 15 is 0 Å². The molecule has 1 radical (unpaired) electrons. The monoisotopic (exact) mass is 123 g/mol. The third-order valence-electron chi connectivity index (χ3n) is 3.34. The SMILES string of the molecule is C[C@@H]1[C@@H](C)CC2[CH][C@H]1C2. The van der Waals surface area contributed by atoms with Crippen molar-refractivity contribution in [3.8, 4) is 0 Å². The molecule has 4 atom stereocenters.